The van der Waals surface area contributed by atoms with E-state index in [1.165, 1.54) is 0 Å². The number of carbonyl (C=O) groups is 1. The molecule has 0 bridgehead atoms. The van der Waals surface area contributed by atoms with E-state index in [1.807, 2.05) is 0 Å². The Morgan fingerprint density at radius 2 is 2.25 bits per heavy atom. The lowest BCUT2D eigenvalue weighted by Gasteiger charge is -2.19. The van der Waals surface area contributed by atoms with Crippen LogP contribution in [0.2, 0.25) is 0 Å². The van der Waals surface area contributed by atoms with Gasteiger partial charge in [0.05, 0.1) is 0 Å². The van der Waals surface area contributed by atoms with Gasteiger partial charge in [-0.3, -0.25) is 4.79 Å². The first-order chi connectivity index (χ1) is 5.65. The molecule has 0 aromatic carbocycles. The summed E-state index contributed by atoms with van der Waals surface area (Å²) in [5, 5.41) is 8.63. The van der Waals surface area contributed by atoms with Gasteiger partial charge in [-0.1, -0.05) is 13.3 Å². The number of aliphatic carboxylic acids is 1. The lowest BCUT2D eigenvalue weighted by Crippen LogP contribution is -2.24. The van der Waals surface area contributed by atoms with Gasteiger partial charge in [0.1, 0.15) is 0 Å². The Kier molecular flexibility index (Phi) is 3.09. The minimum atomic E-state index is -0.687. The number of carboxylic acids is 1. The van der Waals surface area contributed by atoms with E-state index >= 15 is 0 Å². The molecule has 0 amide bonds. The van der Waals surface area contributed by atoms with E-state index in [9.17, 15) is 4.79 Å². The lowest BCUT2D eigenvalue weighted by molar-refractivity contribution is -0.138. The predicted octanol–water partition coefficient (Wildman–Crippen LogP) is 1.08. The third-order valence-electron chi connectivity index (χ3n) is 3.04. The lowest BCUT2D eigenvalue weighted by atomic mass is 9.88. The zero-order valence-electron chi connectivity index (χ0n) is 7.49. The number of hydrogen-bond donors (Lipinski definition) is 2. The second-order valence-corrected chi connectivity index (χ2v) is 3.81. The van der Waals surface area contributed by atoms with Gasteiger partial charge >= 0.3 is 5.97 Å². The zero-order chi connectivity index (χ0) is 9.14. The quantitative estimate of drug-likeness (QED) is 0.668. The predicted molar refractivity (Wildman–Crippen MR) is 46.7 cm³/mol. The Bertz CT molecular complexity index is 170. The molecule has 12 heavy (non-hydrogen) atoms. The second kappa shape index (κ2) is 3.90. The van der Waals surface area contributed by atoms with E-state index in [-0.39, 0.29) is 0 Å². The van der Waals surface area contributed by atoms with Crippen LogP contribution in [0.25, 0.3) is 0 Å². The van der Waals surface area contributed by atoms with Crippen LogP contribution in [0.3, 0.4) is 0 Å². The third kappa shape index (κ3) is 1.97. The first-order valence-corrected chi connectivity index (χ1v) is 4.57. The Labute approximate surface area is 72.9 Å². The van der Waals surface area contributed by atoms with Gasteiger partial charge in [0.2, 0.25) is 0 Å². The molecule has 0 spiro atoms. The Morgan fingerprint density at radius 3 is 2.75 bits per heavy atom. The van der Waals surface area contributed by atoms with Crippen molar-refractivity contribution < 1.29 is 9.90 Å². The van der Waals surface area contributed by atoms with Gasteiger partial charge in [-0.25, -0.2) is 0 Å². The fourth-order valence-corrected chi connectivity index (χ4v) is 2.27. The number of hydrogen-bond acceptors (Lipinski definition) is 2. The van der Waals surface area contributed by atoms with Crippen LogP contribution in [0.1, 0.15) is 26.2 Å². The molecule has 3 heteroatoms. The van der Waals surface area contributed by atoms with Gasteiger partial charge < -0.3 is 10.8 Å². The summed E-state index contributed by atoms with van der Waals surface area (Å²) >= 11 is 0. The normalized spacial score (nSPS) is 35.3. The average molecular weight is 171 g/mol. The second-order valence-electron chi connectivity index (χ2n) is 3.81. The van der Waals surface area contributed by atoms with E-state index in [2.05, 4.69) is 6.92 Å². The SMILES string of the molecule is CC1CCC(CC(=O)O)C1CN. The molecule has 70 valence electrons. The highest BCUT2D eigenvalue weighted by atomic mass is 16.4. The molecule has 1 aliphatic carbocycles. The molecule has 3 N–H and O–H groups in total. The molecule has 0 radical (unpaired) electrons. The minimum absolute atomic E-state index is 0.298. The van der Waals surface area contributed by atoms with Crippen molar-refractivity contribution >= 4 is 5.97 Å². The van der Waals surface area contributed by atoms with Crippen molar-refractivity contribution in [2.75, 3.05) is 6.54 Å². The first-order valence-electron chi connectivity index (χ1n) is 4.57. The minimum Gasteiger partial charge on any atom is -0.481 e. The summed E-state index contributed by atoms with van der Waals surface area (Å²) in [6.45, 7) is 2.80. The van der Waals surface area contributed by atoms with E-state index in [0.29, 0.717) is 30.7 Å². The van der Waals surface area contributed by atoms with E-state index in [1.54, 1.807) is 0 Å². The zero-order valence-corrected chi connectivity index (χ0v) is 7.49. The van der Waals surface area contributed by atoms with Gasteiger partial charge in [-0.05, 0) is 30.7 Å². The summed E-state index contributed by atoms with van der Waals surface area (Å²) < 4.78 is 0. The molecule has 0 aliphatic heterocycles. The molecule has 0 aromatic rings. The molecular weight excluding hydrogens is 154 g/mol. The van der Waals surface area contributed by atoms with Gasteiger partial charge in [0.25, 0.3) is 0 Å². The molecule has 1 saturated carbocycles. The summed E-state index contributed by atoms with van der Waals surface area (Å²) in [5.41, 5.74) is 5.60. The highest BCUT2D eigenvalue weighted by Crippen LogP contribution is 2.37. The average Bonchev–Trinajstić information content (AvgIpc) is 2.30. The molecule has 0 saturated heterocycles. The molecule has 1 rings (SSSR count). The Balaban J connectivity index is 2.48. The fraction of sp³-hybridized carbons (Fsp3) is 0.889. The summed E-state index contributed by atoms with van der Waals surface area (Å²) in [5.74, 6) is 0.676. The van der Waals surface area contributed by atoms with Crippen molar-refractivity contribution in [1.82, 2.24) is 0 Å². The number of nitrogens with two attached hydrogens (primary N) is 1. The summed E-state index contributed by atoms with van der Waals surface area (Å²) in [4.78, 5) is 10.5. The molecule has 3 nitrogen and oxygen atoms in total. The van der Waals surface area contributed by atoms with E-state index in [0.717, 1.165) is 12.8 Å². The fourth-order valence-electron chi connectivity index (χ4n) is 2.27. The van der Waals surface area contributed by atoms with Gasteiger partial charge in [-0.2, -0.15) is 0 Å². The number of carboxylic acid groups (broad SMARTS) is 1. The van der Waals surface area contributed by atoms with Crippen LogP contribution in [0.5, 0.6) is 0 Å². The molecule has 0 heterocycles. The maximum Gasteiger partial charge on any atom is 0.303 e. The van der Waals surface area contributed by atoms with Crippen LogP contribution < -0.4 is 5.73 Å². The Morgan fingerprint density at radius 1 is 1.58 bits per heavy atom. The van der Waals surface area contributed by atoms with Crippen molar-refractivity contribution in [1.29, 1.82) is 0 Å². The maximum atomic E-state index is 10.5. The maximum absolute atomic E-state index is 10.5. The van der Waals surface area contributed by atoms with Crippen molar-refractivity contribution in [3.05, 3.63) is 0 Å². The largest absolute Gasteiger partial charge is 0.481 e. The first kappa shape index (κ1) is 9.52. The van der Waals surface area contributed by atoms with Gasteiger partial charge in [-0.15, -0.1) is 0 Å². The monoisotopic (exact) mass is 171 g/mol. The van der Waals surface area contributed by atoms with Gasteiger partial charge in [0, 0.05) is 6.42 Å². The van der Waals surface area contributed by atoms with Crippen LogP contribution in [-0.4, -0.2) is 17.6 Å². The van der Waals surface area contributed by atoms with Crippen LogP contribution in [0.15, 0.2) is 0 Å². The molecule has 1 aliphatic rings. The van der Waals surface area contributed by atoms with Crippen molar-refractivity contribution in [3.8, 4) is 0 Å². The number of rotatable bonds is 3. The van der Waals surface area contributed by atoms with Gasteiger partial charge in [0.15, 0.2) is 0 Å². The van der Waals surface area contributed by atoms with E-state index in [4.69, 9.17) is 10.8 Å². The van der Waals surface area contributed by atoms with Crippen molar-refractivity contribution in [3.63, 3.8) is 0 Å². The van der Waals surface area contributed by atoms with Crippen LogP contribution in [-0.2, 0) is 4.79 Å². The molecule has 1 fully saturated rings. The highest BCUT2D eigenvalue weighted by Gasteiger charge is 2.33. The highest BCUT2D eigenvalue weighted by molar-refractivity contribution is 5.67. The molecule has 3 atom stereocenters. The summed E-state index contributed by atoms with van der Waals surface area (Å²) in [6, 6.07) is 0. The Hall–Kier alpha value is -0.570. The van der Waals surface area contributed by atoms with E-state index < -0.39 is 5.97 Å². The van der Waals surface area contributed by atoms with Crippen LogP contribution in [0.4, 0.5) is 0 Å². The molecule has 3 unspecified atom stereocenters. The third-order valence-corrected chi connectivity index (χ3v) is 3.04. The van der Waals surface area contributed by atoms with Crippen molar-refractivity contribution in [2.45, 2.75) is 26.2 Å². The standard InChI is InChI=1S/C9H17NO2/c1-6-2-3-7(4-9(11)12)8(6)5-10/h6-8H,2-5,10H2,1H3,(H,11,12). The molecule has 0 aromatic heterocycles. The smallest absolute Gasteiger partial charge is 0.303 e. The van der Waals surface area contributed by atoms with Crippen molar-refractivity contribution in [2.24, 2.45) is 23.5 Å². The summed E-state index contributed by atoms with van der Waals surface area (Å²) in [7, 11) is 0. The van der Waals surface area contributed by atoms with Crippen LogP contribution in [0, 0.1) is 17.8 Å². The summed E-state index contributed by atoms with van der Waals surface area (Å²) in [6.07, 6.45) is 2.47. The van der Waals surface area contributed by atoms with Crippen LogP contribution >= 0.6 is 0 Å². The topological polar surface area (TPSA) is 63.3 Å². The molecular formula is C9H17NO2.